The number of hydrogen-bond acceptors (Lipinski definition) is 5. The zero-order valence-corrected chi connectivity index (χ0v) is 19.5. The first-order chi connectivity index (χ1) is 15.6. The van der Waals surface area contributed by atoms with Crippen molar-refractivity contribution in [3.63, 3.8) is 0 Å². The summed E-state index contributed by atoms with van der Waals surface area (Å²) in [7, 11) is 1.61. The zero-order chi connectivity index (χ0) is 22.5. The van der Waals surface area contributed by atoms with E-state index in [-0.39, 0.29) is 11.9 Å². The Bertz CT molecular complexity index is 1150. The molecule has 0 aromatic heterocycles. The van der Waals surface area contributed by atoms with Gasteiger partial charge in [-0.2, -0.15) is 0 Å². The van der Waals surface area contributed by atoms with E-state index in [1.54, 1.807) is 12.0 Å². The fourth-order valence-electron chi connectivity index (χ4n) is 3.47. The van der Waals surface area contributed by atoms with E-state index in [0.717, 1.165) is 16.7 Å². The smallest absolute Gasteiger partial charge is 0.266 e. The second-order valence-corrected chi connectivity index (χ2v) is 9.00. The Balaban J connectivity index is 1.52. The van der Waals surface area contributed by atoms with Gasteiger partial charge >= 0.3 is 0 Å². The molecule has 0 N–H and O–H groups in total. The minimum Gasteiger partial charge on any atom is -0.493 e. The van der Waals surface area contributed by atoms with Crippen LogP contribution >= 0.6 is 24.0 Å². The van der Waals surface area contributed by atoms with Gasteiger partial charge in [0.05, 0.1) is 18.1 Å². The number of ether oxygens (including phenoxy) is 2. The van der Waals surface area contributed by atoms with Gasteiger partial charge in [-0.05, 0) is 41.8 Å². The van der Waals surface area contributed by atoms with Gasteiger partial charge < -0.3 is 9.47 Å². The highest BCUT2D eigenvalue weighted by molar-refractivity contribution is 8.26. The molecule has 162 valence electrons. The number of amides is 1. The number of methoxy groups -OCH3 is 1. The van der Waals surface area contributed by atoms with E-state index < -0.39 is 0 Å². The van der Waals surface area contributed by atoms with Crippen molar-refractivity contribution in [1.29, 1.82) is 0 Å². The highest BCUT2D eigenvalue weighted by Gasteiger charge is 2.35. The van der Waals surface area contributed by atoms with Gasteiger partial charge in [-0.15, -0.1) is 0 Å². The lowest BCUT2D eigenvalue weighted by atomic mass is 10.1. The Hall–Kier alpha value is -3.09. The van der Waals surface area contributed by atoms with Crippen LogP contribution in [0.5, 0.6) is 11.5 Å². The van der Waals surface area contributed by atoms with Crippen LogP contribution in [0.3, 0.4) is 0 Å². The molecule has 3 aromatic rings. The van der Waals surface area contributed by atoms with Gasteiger partial charge in [0.1, 0.15) is 10.9 Å². The van der Waals surface area contributed by atoms with Crippen LogP contribution < -0.4 is 9.47 Å². The molecular formula is C26H23NO3S2. The van der Waals surface area contributed by atoms with Crippen LogP contribution in [0.4, 0.5) is 0 Å². The number of hydrogen-bond donors (Lipinski definition) is 0. The number of carbonyl (C=O) groups excluding carboxylic acids is 1. The summed E-state index contributed by atoms with van der Waals surface area (Å²) in [6.07, 6.45) is 1.85. The van der Waals surface area contributed by atoms with Crippen LogP contribution in [0.15, 0.2) is 83.8 Å². The maximum absolute atomic E-state index is 13.1. The molecule has 1 amide bonds. The van der Waals surface area contributed by atoms with Gasteiger partial charge in [-0.1, -0.05) is 90.7 Å². The van der Waals surface area contributed by atoms with Crippen LogP contribution in [0.2, 0.25) is 0 Å². The van der Waals surface area contributed by atoms with Crippen LogP contribution in [0.1, 0.15) is 29.7 Å². The van der Waals surface area contributed by atoms with Crippen LogP contribution in [-0.2, 0) is 11.4 Å². The van der Waals surface area contributed by atoms with Crippen molar-refractivity contribution in [2.24, 2.45) is 0 Å². The van der Waals surface area contributed by atoms with E-state index >= 15 is 0 Å². The monoisotopic (exact) mass is 461 g/mol. The highest BCUT2D eigenvalue weighted by atomic mass is 32.2. The third kappa shape index (κ3) is 4.87. The van der Waals surface area contributed by atoms with Gasteiger partial charge in [-0.25, -0.2) is 0 Å². The molecule has 0 radical (unpaired) electrons. The highest BCUT2D eigenvalue weighted by Crippen LogP contribution is 2.39. The molecule has 0 saturated carbocycles. The molecule has 3 aromatic carbocycles. The fourth-order valence-corrected chi connectivity index (χ4v) is 4.89. The van der Waals surface area contributed by atoms with Crippen molar-refractivity contribution in [2.75, 3.05) is 7.11 Å². The van der Waals surface area contributed by atoms with E-state index in [1.165, 1.54) is 11.8 Å². The minimum atomic E-state index is -0.127. The normalized spacial score (nSPS) is 15.8. The number of thiocarbonyl (C=S) groups is 1. The quantitative estimate of drug-likeness (QED) is 0.308. The SMILES string of the molecule is COc1cc(/C=C2/SC(=S)N([C@@H](C)c3ccccc3)C2=O)ccc1OCc1ccccc1. The maximum atomic E-state index is 13.1. The first kappa shape index (κ1) is 22.1. The molecule has 0 bridgehead atoms. The van der Waals surface area contributed by atoms with E-state index in [0.29, 0.717) is 27.3 Å². The van der Waals surface area contributed by atoms with E-state index in [2.05, 4.69) is 0 Å². The number of rotatable bonds is 7. The first-order valence-corrected chi connectivity index (χ1v) is 11.5. The summed E-state index contributed by atoms with van der Waals surface area (Å²) in [6, 6.07) is 25.4. The number of benzene rings is 3. The van der Waals surface area contributed by atoms with Gasteiger partial charge in [-0.3, -0.25) is 9.69 Å². The largest absolute Gasteiger partial charge is 0.493 e. The van der Waals surface area contributed by atoms with E-state index in [4.69, 9.17) is 21.7 Å². The summed E-state index contributed by atoms with van der Waals surface area (Å²) in [5, 5.41) is 0. The lowest BCUT2D eigenvalue weighted by Crippen LogP contribution is -2.30. The Labute approximate surface area is 197 Å². The predicted molar refractivity (Wildman–Crippen MR) is 134 cm³/mol. The van der Waals surface area contributed by atoms with Crippen molar-refractivity contribution >= 4 is 40.3 Å². The maximum Gasteiger partial charge on any atom is 0.266 e. The molecule has 32 heavy (non-hydrogen) atoms. The Kier molecular flexibility index (Phi) is 6.93. The Morgan fingerprint density at radius 1 is 1.00 bits per heavy atom. The fraction of sp³-hybridized carbons (Fsp3) is 0.154. The molecule has 1 aliphatic rings. The standard InChI is InChI=1S/C26H23NO3S2/c1-18(21-11-7-4-8-12-21)27-25(28)24(32-26(27)31)16-20-13-14-22(23(15-20)29-2)30-17-19-9-5-3-6-10-19/h3-16,18H,17H2,1-2H3/b24-16+/t18-/m0/s1. The lowest BCUT2D eigenvalue weighted by molar-refractivity contribution is -0.123. The minimum absolute atomic E-state index is 0.0836. The summed E-state index contributed by atoms with van der Waals surface area (Å²) >= 11 is 6.84. The van der Waals surface area contributed by atoms with Crippen molar-refractivity contribution < 1.29 is 14.3 Å². The van der Waals surface area contributed by atoms with Crippen LogP contribution in [0.25, 0.3) is 6.08 Å². The molecule has 1 saturated heterocycles. The first-order valence-electron chi connectivity index (χ1n) is 10.2. The van der Waals surface area contributed by atoms with Gasteiger partial charge in [0.2, 0.25) is 0 Å². The van der Waals surface area contributed by atoms with Crippen LogP contribution in [0, 0.1) is 0 Å². The Morgan fingerprint density at radius 2 is 1.69 bits per heavy atom. The molecule has 0 spiro atoms. The average Bonchev–Trinajstić information content (AvgIpc) is 3.11. The van der Waals surface area contributed by atoms with Crippen molar-refractivity contribution in [1.82, 2.24) is 4.90 Å². The third-order valence-electron chi connectivity index (χ3n) is 5.22. The van der Waals surface area contributed by atoms with E-state index in [1.807, 2.05) is 91.9 Å². The number of thioether (sulfide) groups is 1. The molecule has 1 atom stereocenters. The molecule has 1 heterocycles. The summed E-state index contributed by atoms with van der Waals surface area (Å²) in [5.41, 5.74) is 2.98. The Morgan fingerprint density at radius 3 is 2.38 bits per heavy atom. The second-order valence-electron chi connectivity index (χ2n) is 7.32. The molecule has 6 heteroatoms. The zero-order valence-electron chi connectivity index (χ0n) is 17.9. The summed E-state index contributed by atoms with van der Waals surface area (Å²) < 4.78 is 12.0. The summed E-state index contributed by atoms with van der Waals surface area (Å²) in [5.74, 6) is 1.18. The summed E-state index contributed by atoms with van der Waals surface area (Å²) in [4.78, 5) is 15.4. The topological polar surface area (TPSA) is 38.8 Å². The van der Waals surface area contributed by atoms with Crippen molar-refractivity contribution in [2.45, 2.75) is 19.6 Å². The molecule has 1 aliphatic heterocycles. The van der Waals surface area contributed by atoms with Crippen molar-refractivity contribution in [3.05, 3.63) is 100 Å². The van der Waals surface area contributed by atoms with Crippen molar-refractivity contribution in [3.8, 4) is 11.5 Å². The third-order valence-corrected chi connectivity index (χ3v) is 6.55. The van der Waals surface area contributed by atoms with E-state index in [9.17, 15) is 4.79 Å². The number of carbonyl (C=O) groups is 1. The molecule has 4 nitrogen and oxygen atoms in total. The number of nitrogens with zero attached hydrogens (tertiary/aromatic N) is 1. The summed E-state index contributed by atoms with van der Waals surface area (Å²) in [6.45, 7) is 2.44. The predicted octanol–water partition coefficient (Wildman–Crippen LogP) is 6.24. The molecule has 1 fully saturated rings. The molecular weight excluding hydrogens is 438 g/mol. The van der Waals surface area contributed by atoms with Gasteiger partial charge in [0.15, 0.2) is 11.5 Å². The lowest BCUT2D eigenvalue weighted by Gasteiger charge is -2.23. The average molecular weight is 462 g/mol. The van der Waals surface area contributed by atoms with Gasteiger partial charge in [0, 0.05) is 0 Å². The molecule has 0 aliphatic carbocycles. The molecule has 0 unspecified atom stereocenters. The van der Waals surface area contributed by atoms with Crippen LogP contribution in [-0.4, -0.2) is 22.2 Å². The molecule has 4 rings (SSSR count). The second kappa shape index (κ2) is 10.0. The van der Waals surface area contributed by atoms with Gasteiger partial charge in [0.25, 0.3) is 5.91 Å².